The van der Waals surface area contributed by atoms with Gasteiger partial charge in [-0.2, -0.15) is 0 Å². The van der Waals surface area contributed by atoms with Gasteiger partial charge in [0.1, 0.15) is 6.04 Å². The maximum Gasteiger partial charge on any atom is 0.239 e. The number of primary amides is 1. The van der Waals surface area contributed by atoms with Crippen molar-refractivity contribution in [2.24, 2.45) is 5.73 Å². The van der Waals surface area contributed by atoms with Crippen molar-refractivity contribution in [2.75, 3.05) is 6.54 Å². The molecule has 0 unspecified atom stereocenters. The van der Waals surface area contributed by atoms with Gasteiger partial charge >= 0.3 is 0 Å². The molecule has 0 bridgehead atoms. The zero-order valence-electron chi connectivity index (χ0n) is 12.5. The van der Waals surface area contributed by atoms with Gasteiger partial charge in [0.2, 0.25) is 5.91 Å². The summed E-state index contributed by atoms with van der Waals surface area (Å²) in [5.74, 6) is -0.443. The van der Waals surface area contributed by atoms with Crippen LogP contribution >= 0.6 is 0 Å². The highest BCUT2D eigenvalue weighted by atomic mass is 16.3. The van der Waals surface area contributed by atoms with Crippen LogP contribution in [-0.2, 0) is 11.2 Å². The summed E-state index contributed by atoms with van der Waals surface area (Å²) in [7, 11) is 0. The number of carbonyl (C=O) groups excluding carboxylic acids is 1. The number of hydrogen-bond acceptors (Lipinski definition) is 3. The molecule has 0 aliphatic rings. The topological polar surface area (TPSA) is 75.4 Å². The number of aliphatic hydroxyl groups excluding tert-OH is 1. The molecule has 2 atom stereocenters. The molecule has 2 aromatic rings. The Balaban J connectivity index is 1.83. The van der Waals surface area contributed by atoms with Crippen LogP contribution in [0.4, 0.5) is 0 Å². The summed E-state index contributed by atoms with van der Waals surface area (Å²) >= 11 is 0. The van der Waals surface area contributed by atoms with Crippen molar-refractivity contribution < 1.29 is 9.90 Å². The fourth-order valence-corrected chi connectivity index (χ4v) is 2.36. The first kappa shape index (κ1) is 16.2. The molecular formula is C18H22N2O2. The lowest BCUT2D eigenvalue weighted by molar-refractivity contribution is -0.120. The van der Waals surface area contributed by atoms with Gasteiger partial charge < -0.3 is 10.8 Å². The van der Waals surface area contributed by atoms with E-state index in [-0.39, 0.29) is 0 Å². The molecule has 0 saturated heterocycles. The van der Waals surface area contributed by atoms with E-state index in [1.807, 2.05) is 60.7 Å². The van der Waals surface area contributed by atoms with Crippen LogP contribution in [-0.4, -0.2) is 23.7 Å². The zero-order valence-corrected chi connectivity index (χ0v) is 12.5. The molecule has 0 spiro atoms. The summed E-state index contributed by atoms with van der Waals surface area (Å²) in [6.45, 7) is 0.329. The monoisotopic (exact) mass is 298 g/mol. The Morgan fingerprint density at radius 1 is 1.05 bits per heavy atom. The molecule has 0 radical (unpaired) electrons. The highest BCUT2D eigenvalue weighted by Crippen LogP contribution is 2.12. The second-order valence-corrected chi connectivity index (χ2v) is 5.33. The summed E-state index contributed by atoms with van der Waals surface area (Å²) < 4.78 is 0. The number of aryl methyl sites for hydroxylation is 1. The third-order valence-electron chi connectivity index (χ3n) is 3.58. The number of benzene rings is 2. The first-order valence-electron chi connectivity index (χ1n) is 7.46. The van der Waals surface area contributed by atoms with Gasteiger partial charge in [-0.3, -0.25) is 10.1 Å². The van der Waals surface area contributed by atoms with Gasteiger partial charge in [-0.25, -0.2) is 0 Å². The van der Waals surface area contributed by atoms with Crippen LogP contribution in [0.25, 0.3) is 0 Å². The molecule has 0 heterocycles. The summed E-state index contributed by atoms with van der Waals surface area (Å²) in [6, 6.07) is 18.7. The summed E-state index contributed by atoms with van der Waals surface area (Å²) in [5.41, 5.74) is 7.44. The molecule has 0 aromatic heterocycles. The number of carbonyl (C=O) groups is 1. The van der Waals surface area contributed by atoms with Crippen LogP contribution in [0.1, 0.15) is 23.6 Å². The lowest BCUT2D eigenvalue weighted by Gasteiger charge is -2.18. The predicted octanol–water partition coefficient (Wildman–Crippen LogP) is 1.80. The van der Waals surface area contributed by atoms with Gasteiger partial charge in [0, 0.05) is 6.54 Å². The molecule has 0 aliphatic heterocycles. The fraction of sp³-hybridized carbons (Fsp3) is 0.278. The zero-order chi connectivity index (χ0) is 15.8. The highest BCUT2D eigenvalue weighted by Gasteiger charge is 2.18. The van der Waals surface area contributed by atoms with Gasteiger partial charge in [-0.05, 0) is 24.0 Å². The highest BCUT2D eigenvalue weighted by molar-refractivity contribution is 5.81. The number of nitrogens with two attached hydrogens (primary N) is 1. The van der Waals surface area contributed by atoms with E-state index in [1.165, 1.54) is 5.56 Å². The lowest BCUT2D eigenvalue weighted by atomic mass is 10.0. The molecule has 4 nitrogen and oxygen atoms in total. The molecule has 116 valence electrons. The van der Waals surface area contributed by atoms with Crippen molar-refractivity contribution in [3.8, 4) is 0 Å². The minimum absolute atomic E-state index is 0.329. The van der Waals surface area contributed by atoms with E-state index in [0.29, 0.717) is 13.0 Å². The van der Waals surface area contributed by atoms with Gasteiger partial charge in [-0.15, -0.1) is 0 Å². The number of amides is 1. The Labute approximate surface area is 131 Å². The molecule has 0 aliphatic carbocycles. The average molecular weight is 298 g/mol. The van der Waals surface area contributed by atoms with Crippen LogP contribution in [0, 0.1) is 0 Å². The smallest absolute Gasteiger partial charge is 0.239 e. The molecule has 0 saturated carbocycles. The molecule has 1 amide bonds. The van der Waals surface area contributed by atoms with Crippen molar-refractivity contribution in [1.82, 2.24) is 5.32 Å². The van der Waals surface area contributed by atoms with E-state index in [9.17, 15) is 9.90 Å². The quantitative estimate of drug-likeness (QED) is 0.695. The second-order valence-electron chi connectivity index (χ2n) is 5.33. The molecular weight excluding hydrogens is 276 g/mol. The maximum absolute atomic E-state index is 11.6. The van der Waals surface area contributed by atoms with Crippen molar-refractivity contribution in [1.29, 1.82) is 0 Å². The van der Waals surface area contributed by atoms with Gasteiger partial charge in [0.05, 0.1) is 6.10 Å². The Morgan fingerprint density at radius 2 is 1.64 bits per heavy atom. The summed E-state index contributed by atoms with van der Waals surface area (Å²) in [4.78, 5) is 11.6. The van der Waals surface area contributed by atoms with Crippen LogP contribution in [0.3, 0.4) is 0 Å². The van der Waals surface area contributed by atoms with Crippen LogP contribution in [0.2, 0.25) is 0 Å². The summed E-state index contributed by atoms with van der Waals surface area (Å²) in [6.07, 6.45) is 0.916. The average Bonchev–Trinajstić information content (AvgIpc) is 2.55. The Bertz CT molecular complexity index is 572. The van der Waals surface area contributed by atoms with Crippen molar-refractivity contribution in [3.05, 3.63) is 71.8 Å². The van der Waals surface area contributed by atoms with Gasteiger partial charge in [0.25, 0.3) is 0 Å². The number of hydrogen-bond donors (Lipinski definition) is 3. The first-order chi connectivity index (χ1) is 10.7. The Kier molecular flexibility index (Phi) is 6.13. The lowest BCUT2D eigenvalue weighted by Crippen LogP contribution is -2.38. The minimum Gasteiger partial charge on any atom is -0.392 e. The first-order valence-corrected chi connectivity index (χ1v) is 7.46. The minimum atomic E-state index is -0.576. The van der Waals surface area contributed by atoms with Crippen molar-refractivity contribution in [2.45, 2.75) is 25.0 Å². The summed E-state index contributed by atoms with van der Waals surface area (Å²) in [5, 5.41) is 13.1. The van der Waals surface area contributed by atoms with Gasteiger partial charge in [0.15, 0.2) is 0 Å². The predicted molar refractivity (Wildman–Crippen MR) is 87.1 cm³/mol. The third-order valence-corrected chi connectivity index (χ3v) is 3.58. The second kappa shape index (κ2) is 8.32. The molecule has 2 rings (SSSR count). The Hall–Kier alpha value is -2.17. The largest absolute Gasteiger partial charge is 0.392 e. The van der Waals surface area contributed by atoms with Crippen LogP contribution in [0.15, 0.2) is 60.7 Å². The Morgan fingerprint density at radius 3 is 2.23 bits per heavy atom. The van der Waals surface area contributed by atoms with Crippen molar-refractivity contribution in [3.63, 3.8) is 0 Å². The van der Waals surface area contributed by atoms with Crippen LogP contribution < -0.4 is 11.1 Å². The van der Waals surface area contributed by atoms with E-state index < -0.39 is 18.1 Å². The molecule has 4 N–H and O–H groups in total. The van der Waals surface area contributed by atoms with E-state index in [4.69, 9.17) is 5.73 Å². The van der Waals surface area contributed by atoms with Crippen LogP contribution in [0.5, 0.6) is 0 Å². The fourth-order valence-electron chi connectivity index (χ4n) is 2.36. The third kappa shape index (κ3) is 4.98. The maximum atomic E-state index is 11.6. The SMILES string of the molecule is NC(=O)[C@@H](NC[C@H](O)CCc1ccccc1)c1ccccc1. The number of nitrogens with one attached hydrogen (secondary N) is 1. The molecule has 22 heavy (non-hydrogen) atoms. The van der Waals surface area contributed by atoms with E-state index in [1.54, 1.807) is 0 Å². The number of rotatable bonds is 8. The standard InChI is InChI=1S/C18H22N2O2/c19-18(22)17(15-9-5-2-6-10-15)20-13-16(21)12-11-14-7-3-1-4-8-14/h1-10,16-17,20-21H,11-13H2,(H2,19,22)/t16-,17+/m1/s1. The van der Waals surface area contributed by atoms with Gasteiger partial charge in [-0.1, -0.05) is 60.7 Å². The molecule has 0 fully saturated rings. The van der Waals surface area contributed by atoms with Crippen molar-refractivity contribution >= 4 is 5.91 Å². The molecule has 4 heteroatoms. The molecule has 2 aromatic carbocycles. The van der Waals surface area contributed by atoms with E-state index in [0.717, 1.165) is 12.0 Å². The normalized spacial score (nSPS) is 13.5. The number of aliphatic hydroxyl groups is 1. The van der Waals surface area contributed by atoms with E-state index >= 15 is 0 Å². The van der Waals surface area contributed by atoms with E-state index in [2.05, 4.69) is 5.32 Å².